The lowest BCUT2D eigenvalue weighted by Gasteiger charge is -2.34. The SMILES string of the molecule is CCC1CN(C(=NC)NCc2ccccc2CS(=O)(=O)NC(C)C)CCS1. The van der Waals surface area contributed by atoms with Crippen molar-refractivity contribution in [2.24, 2.45) is 4.99 Å². The van der Waals surface area contributed by atoms with E-state index >= 15 is 0 Å². The number of rotatable bonds is 7. The van der Waals surface area contributed by atoms with Gasteiger partial charge in [-0.2, -0.15) is 11.8 Å². The molecule has 0 saturated carbocycles. The van der Waals surface area contributed by atoms with E-state index in [1.54, 1.807) is 7.05 Å². The molecule has 1 aliphatic heterocycles. The second-order valence-electron chi connectivity index (χ2n) is 7.05. The number of hydrogen-bond donors (Lipinski definition) is 2. The van der Waals surface area contributed by atoms with E-state index in [-0.39, 0.29) is 11.8 Å². The normalized spacial score (nSPS) is 18.8. The quantitative estimate of drug-likeness (QED) is 0.531. The van der Waals surface area contributed by atoms with E-state index in [1.165, 1.54) is 0 Å². The molecule has 27 heavy (non-hydrogen) atoms. The summed E-state index contributed by atoms with van der Waals surface area (Å²) in [5, 5.41) is 4.05. The molecule has 1 aromatic rings. The van der Waals surface area contributed by atoms with Gasteiger partial charge in [0, 0.05) is 43.7 Å². The fourth-order valence-corrected chi connectivity index (χ4v) is 5.81. The maximum atomic E-state index is 12.3. The zero-order valence-corrected chi connectivity index (χ0v) is 18.4. The smallest absolute Gasteiger partial charge is 0.216 e. The maximum Gasteiger partial charge on any atom is 0.216 e. The van der Waals surface area contributed by atoms with Crippen LogP contribution in [-0.4, -0.2) is 56.5 Å². The van der Waals surface area contributed by atoms with E-state index in [9.17, 15) is 8.42 Å². The van der Waals surface area contributed by atoms with E-state index in [0.29, 0.717) is 11.8 Å². The van der Waals surface area contributed by atoms with Crippen LogP contribution in [0.1, 0.15) is 38.3 Å². The van der Waals surface area contributed by atoms with Crippen LogP contribution in [0.2, 0.25) is 0 Å². The number of nitrogens with zero attached hydrogens (tertiary/aromatic N) is 2. The van der Waals surface area contributed by atoms with Gasteiger partial charge in [0.1, 0.15) is 0 Å². The molecule has 1 atom stereocenters. The molecule has 0 spiro atoms. The highest BCUT2D eigenvalue weighted by Crippen LogP contribution is 2.21. The molecule has 0 amide bonds. The first-order chi connectivity index (χ1) is 12.8. The molecule has 0 aromatic heterocycles. The number of benzene rings is 1. The van der Waals surface area contributed by atoms with Crippen molar-refractivity contribution >= 4 is 27.7 Å². The second-order valence-corrected chi connectivity index (χ2v) is 10.2. The van der Waals surface area contributed by atoms with Crippen molar-refractivity contribution in [1.29, 1.82) is 0 Å². The number of aliphatic imine (C=N–C) groups is 1. The Bertz CT molecular complexity index is 735. The Kier molecular flexibility index (Phi) is 8.44. The molecular formula is C19H32N4O2S2. The minimum absolute atomic E-state index is 0.0140. The topological polar surface area (TPSA) is 73.8 Å². The molecule has 1 aromatic carbocycles. The van der Waals surface area contributed by atoms with Crippen molar-refractivity contribution in [2.45, 2.75) is 50.8 Å². The van der Waals surface area contributed by atoms with E-state index in [0.717, 1.165) is 42.3 Å². The van der Waals surface area contributed by atoms with Gasteiger partial charge in [0.15, 0.2) is 5.96 Å². The van der Waals surface area contributed by atoms with Crippen LogP contribution in [0, 0.1) is 0 Å². The zero-order valence-electron chi connectivity index (χ0n) is 16.7. The summed E-state index contributed by atoms with van der Waals surface area (Å²) in [6.45, 7) is 8.41. The van der Waals surface area contributed by atoms with E-state index in [1.807, 2.05) is 49.9 Å². The highest BCUT2D eigenvalue weighted by Gasteiger charge is 2.22. The lowest BCUT2D eigenvalue weighted by molar-refractivity contribution is 0.408. The highest BCUT2D eigenvalue weighted by molar-refractivity contribution is 8.00. The first-order valence-electron chi connectivity index (χ1n) is 9.48. The van der Waals surface area contributed by atoms with Crippen molar-refractivity contribution < 1.29 is 8.42 Å². The Morgan fingerprint density at radius 3 is 2.67 bits per heavy atom. The molecule has 1 saturated heterocycles. The van der Waals surface area contributed by atoms with E-state index in [2.05, 4.69) is 26.9 Å². The lowest BCUT2D eigenvalue weighted by Crippen LogP contribution is -2.47. The van der Waals surface area contributed by atoms with Gasteiger partial charge in [0.25, 0.3) is 0 Å². The van der Waals surface area contributed by atoms with E-state index < -0.39 is 10.0 Å². The molecule has 6 nitrogen and oxygen atoms in total. The fourth-order valence-electron chi connectivity index (χ4n) is 3.14. The number of thioether (sulfide) groups is 1. The molecule has 2 rings (SSSR count). The number of nitrogens with one attached hydrogen (secondary N) is 2. The van der Waals surface area contributed by atoms with Gasteiger partial charge < -0.3 is 10.2 Å². The summed E-state index contributed by atoms with van der Waals surface area (Å²) in [7, 11) is -1.55. The maximum absolute atomic E-state index is 12.3. The molecule has 152 valence electrons. The predicted octanol–water partition coefficient (Wildman–Crippen LogP) is 2.42. The minimum Gasteiger partial charge on any atom is -0.352 e. The second kappa shape index (κ2) is 10.3. The molecule has 8 heteroatoms. The van der Waals surface area contributed by atoms with Gasteiger partial charge in [-0.05, 0) is 31.4 Å². The summed E-state index contributed by atoms with van der Waals surface area (Å²) in [6, 6.07) is 7.57. The predicted molar refractivity (Wildman–Crippen MR) is 116 cm³/mol. The van der Waals surface area contributed by atoms with Gasteiger partial charge in [-0.15, -0.1) is 0 Å². The first-order valence-corrected chi connectivity index (χ1v) is 12.2. The highest BCUT2D eigenvalue weighted by atomic mass is 32.2. The fraction of sp³-hybridized carbons (Fsp3) is 0.632. The Labute approximate surface area is 168 Å². The van der Waals surface area contributed by atoms with Crippen LogP contribution >= 0.6 is 11.8 Å². The van der Waals surface area contributed by atoms with Crippen LogP contribution in [0.3, 0.4) is 0 Å². The minimum atomic E-state index is -3.35. The monoisotopic (exact) mass is 412 g/mol. The summed E-state index contributed by atoms with van der Waals surface area (Å²) >= 11 is 2.02. The van der Waals surface area contributed by atoms with Crippen molar-refractivity contribution in [1.82, 2.24) is 14.9 Å². The van der Waals surface area contributed by atoms with Crippen molar-refractivity contribution in [2.75, 3.05) is 25.9 Å². The van der Waals surface area contributed by atoms with Gasteiger partial charge in [-0.1, -0.05) is 31.2 Å². The van der Waals surface area contributed by atoms with Crippen molar-refractivity contribution in [3.8, 4) is 0 Å². The molecular weight excluding hydrogens is 380 g/mol. The van der Waals surface area contributed by atoms with Crippen LogP contribution in [0.15, 0.2) is 29.3 Å². The molecule has 0 bridgehead atoms. The summed E-state index contributed by atoms with van der Waals surface area (Å²) in [6.07, 6.45) is 1.15. The van der Waals surface area contributed by atoms with Crippen molar-refractivity contribution in [3.63, 3.8) is 0 Å². The third kappa shape index (κ3) is 7.01. The van der Waals surface area contributed by atoms with Crippen molar-refractivity contribution in [3.05, 3.63) is 35.4 Å². The van der Waals surface area contributed by atoms with Gasteiger partial charge in [0.05, 0.1) is 5.75 Å². The molecule has 1 fully saturated rings. The molecule has 1 unspecified atom stereocenters. The third-order valence-electron chi connectivity index (χ3n) is 4.42. The molecule has 0 aliphatic carbocycles. The largest absolute Gasteiger partial charge is 0.352 e. The van der Waals surface area contributed by atoms with Crippen LogP contribution in [0.4, 0.5) is 0 Å². The molecule has 0 radical (unpaired) electrons. The van der Waals surface area contributed by atoms with Crippen LogP contribution in [-0.2, 0) is 22.3 Å². The van der Waals surface area contributed by atoms with Gasteiger partial charge in [0.2, 0.25) is 10.0 Å². The zero-order chi connectivity index (χ0) is 19.9. The standard InChI is InChI=1S/C19H32N4O2S2/c1-5-18-13-23(10-11-26-18)19(20-4)21-12-16-8-6-7-9-17(16)14-27(24,25)22-15(2)3/h6-9,15,18,22H,5,10-14H2,1-4H3,(H,20,21). The van der Waals surface area contributed by atoms with E-state index in [4.69, 9.17) is 0 Å². The molecule has 1 heterocycles. The van der Waals surface area contributed by atoms with Crippen LogP contribution in [0.5, 0.6) is 0 Å². The average molecular weight is 413 g/mol. The summed E-state index contributed by atoms with van der Waals surface area (Å²) < 4.78 is 27.3. The van der Waals surface area contributed by atoms with Gasteiger partial charge >= 0.3 is 0 Å². The average Bonchev–Trinajstić information content (AvgIpc) is 2.62. The number of guanidine groups is 1. The Hall–Kier alpha value is -1.25. The first kappa shape index (κ1) is 22.0. The van der Waals surface area contributed by atoms with Crippen LogP contribution < -0.4 is 10.0 Å². The molecule has 1 aliphatic rings. The van der Waals surface area contributed by atoms with Gasteiger partial charge in [-0.25, -0.2) is 13.1 Å². The third-order valence-corrected chi connectivity index (χ3v) is 7.32. The Morgan fingerprint density at radius 2 is 2.04 bits per heavy atom. The van der Waals surface area contributed by atoms with Crippen LogP contribution in [0.25, 0.3) is 0 Å². The molecule has 2 N–H and O–H groups in total. The number of sulfonamides is 1. The number of hydrogen-bond acceptors (Lipinski definition) is 4. The summed E-state index contributed by atoms with van der Waals surface area (Å²) in [5.74, 6) is 1.97. The lowest BCUT2D eigenvalue weighted by atomic mass is 10.1. The Balaban J connectivity index is 2.05. The summed E-state index contributed by atoms with van der Waals surface area (Å²) in [4.78, 5) is 6.73. The summed E-state index contributed by atoms with van der Waals surface area (Å²) in [5.41, 5.74) is 1.79. The van der Waals surface area contributed by atoms with Gasteiger partial charge in [-0.3, -0.25) is 4.99 Å². The Morgan fingerprint density at radius 1 is 1.33 bits per heavy atom.